The minimum absolute atomic E-state index is 0.170. The zero-order valence-corrected chi connectivity index (χ0v) is 11.6. The van der Waals surface area contributed by atoms with E-state index in [9.17, 15) is 0 Å². The van der Waals surface area contributed by atoms with Crippen LogP contribution in [0, 0.1) is 0 Å². The van der Waals surface area contributed by atoms with Gasteiger partial charge in [-0.2, -0.15) is 0 Å². The Hall–Kier alpha value is -1.18. The summed E-state index contributed by atoms with van der Waals surface area (Å²) in [6.45, 7) is 11.3. The van der Waals surface area contributed by atoms with E-state index in [2.05, 4.69) is 32.9 Å². The number of rotatable bonds is 6. The maximum atomic E-state index is 5.75. The van der Waals surface area contributed by atoms with E-state index in [1.165, 1.54) is 5.56 Å². The highest BCUT2D eigenvalue weighted by atomic mass is 16.5. The Morgan fingerprint density at radius 3 is 2.29 bits per heavy atom. The summed E-state index contributed by atoms with van der Waals surface area (Å²) in [5.74, 6) is 2.22. The third-order valence-corrected chi connectivity index (χ3v) is 2.46. The summed E-state index contributed by atoms with van der Waals surface area (Å²) < 4.78 is 11.5. The highest BCUT2D eigenvalue weighted by molar-refractivity contribution is 5.44. The van der Waals surface area contributed by atoms with Crippen molar-refractivity contribution in [2.45, 2.75) is 53.1 Å². The predicted molar refractivity (Wildman–Crippen MR) is 72.1 cm³/mol. The van der Waals surface area contributed by atoms with E-state index in [0.717, 1.165) is 24.5 Å². The zero-order valence-electron chi connectivity index (χ0n) is 11.6. The van der Waals surface area contributed by atoms with Crippen LogP contribution in [-0.2, 0) is 0 Å². The van der Waals surface area contributed by atoms with Gasteiger partial charge in [-0.15, -0.1) is 0 Å². The average molecular weight is 236 g/mol. The highest BCUT2D eigenvalue weighted by Crippen LogP contribution is 2.31. The fourth-order valence-corrected chi connectivity index (χ4v) is 1.56. The van der Waals surface area contributed by atoms with Crippen LogP contribution in [0.1, 0.15) is 52.5 Å². The monoisotopic (exact) mass is 236 g/mol. The van der Waals surface area contributed by atoms with Crippen LogP contribution < -0.4 is 9.47 Å². The molecule has 0 aliphatic rings. The van der Waals surface area contributed by atoms with Crippen molar-refractivity contribution < 1.29 is 9.47 Å². The molecule has 0 aromatic heterocycles. The summed E-state index contributed by atoms with van der Waals surface area (Å²) in [4.78, 5) is 0. The Balaban J connectivity index is 2.94. The van der Waals surface area contributed by atoms with Gasteiger partial charge >= 0.3 is 0 Å². The summed E-state index contributed by atoms with van der Waals surface area (Å²) in [7, 11) is 0. The Bertz CT molecular complexity index is 343. The first-order valence-corrected chi connectivity index (χ1v) is 6.48. The molecule has 0 aliphatic carbocycles. The zero-order chi connectivity index (χ0) is 12.8. The molecule has 2 nitrogen and oxygen atoms in total. The second-order valence-electron chi connectivity index (χ2n) is 4.88. The van der Waals surface area contributed by atoms with Crippen LogP contribution in [0.15, 0.2) is 18.2 Å². The van der Waals surface area contributed by atoms with Gasteiger partial charge < -0.3 is 9.47 Å². The lowest BCUT2D eigenvalue weighted by Crippen LogP contribution is -2.08. The number of hydrogen-bond acceptors (Lipinski definition) is 2. The first kappa shape index (κ1) is 13.9. The molecule has 17 heavy (non-hydrogen) atoms. The largest absolute Gasteiger partial charge is 0.490 e. The second kappa shape index (κ2) is 6.53. The van der Waals surface area contributed by atoms with Crippen molar-refractivity contribution in [3.8, 4) is 11.5 Å². The Kier molecular flexibility index (Phi) is 5.33. The molecule has 0 fully saturated rings. The molecule has 2 heteroatoms. The van der Waals surface area contributed by atoms with Crippen molar-refractivity contribution in [2.75, 3.05) is 6.61 Å². The second-order valence-corrected chi connectivity index (χ2v) is 4.88. The molecule has 1 aromatic carbocycles. The van der Waals surface area contributed by atoms with Crippen LogP contribution in [0.2, 0.25) is 0 Å². The Morgan fingerprint density at radius 2 is 1.76 bits per heavy atom. The molecule has 1 rings (SSSR count). The number of benzene rings is 1. The lowest BCUT2D eigenvalue weighted by atomic mass is 10.0. The Labute approximate surface area is 105 Å². The summed E-state index contributed by atoms with van der Waals surface area (Å²) in [5.41, 5.74) is 1.28. The summed E-state index contributed by atoms with van der Waals surface area (Å²) >= 11 is 0. The fourth-order valence-electron chi connectivity index (χ4n) is 1.56. The molecule has 1 aromatic rings. The van der Waals surface area contributed by atoms with E-state index in [0.29, 0.717) is 5.92 Å². The van der Waals surface area contributed by atoms with Gasteiger partial charge in [0.05, 0.1) is 12.7 Å². The van der Waals surface area contributed by atoms with E-state index in [-0.39, 0.29) is 6.10 Å². The fraction of sp³-hybridized carbons (Fsp3) is 0.600. The van der Waals surface area contributed by atoms with Crippen molar-refractivity contribution in [3.63, 3.8) is 0 Å². The van der Waals surface area contributed by atoms with Crippen LogP contribution >= 0.6 is 0 Å². The normalized spacial score (nSPS) is 11.0. The van der Waals surface area contributed by atoms with E-state index in [4.69, 9.17) is 9.47 Å². The van der Waals surface area contributed by atoms with Gasteiger partial charge in [0, 0.05) is 0 Å². The molecule has 0 spiro atoms. The topological polar surface area (TPSA) is 18.5 Å². The first-order chi connectivity index (χ1) is 8.04. The summed E-state index contributed by atoms with van der Waals surface area (Å²) in [6.07, 6.45) is 1.18. The molecule has 0 saturated heterocycles. The molecule has 0 unspecified atom stereocenters. The molecular weight excluding hydrogens is 212 g/mol. The van der Waals surface area contributed by atoms with Crippen molar-refractivity contribution in [2.24, 2.45) is 0 Å². The van der Waals surface area contributed by atoms with Gasteiger partial charge in [-0.3, -0.25) is 0 Å². The van der Waals surface area contributed by atoms with Gasteiger partial charge in [-0.1, -0.05) is 26.8 Å². The lowest BCUT2D eigenvalue weighted by Gasteiger charge is -2.17. The molecule has 0 N–H and O–H groups in total. The van der Waals surface area contributed by atoms with Gasteiger partial charge in [-0.05, 0) is 43.9 Å². The Morgan fingerprint density at radius 1 is 1.06 bits per heavy atom. The predicted octanol–water partition coefficient (Wildman–Crippen LogP) is 4.39. The highest BCUT2D eigenvalue weighted by Gasteiger charge is 2.09. The SMILES string of the molecule is CCCOc1cc(C(C)C)ccc1OC(C)C. The van der Waals surface area contributed by atoms with Crippen molar-refractivity contribution >= 4 is 0 Å². The molecule has 0 saturated carbocycles. The van der Waals surface area contributed by atoms with Crippen LogP contribution in [0.5, 0.6) is 11.5 Å². The van der Waals surface area contributed by atoms with Crippen LogP contribution in [0.4, 0.5) is 0 Å². The number of hydrogen-bond donors (Lipinski definition) is 0. The van der Waals surface area contributed by atoms with Crippen molar-refractivity contribution in [1.82, 2.24) is 0 Å². The van der Waals surface area contributed by atoms with Gasteiger partial charge in [0.15, 0.2) is 11.5 Å². The molecule has 0 heterocycles. The molecule has 0 aliphatic heterocycles. The minimum Gasteiger partial charge on any atom is -0.490 e. The van der Waals surface area contributed by atoms with Gasteiger partial charge in [0.1, 0.15) is 0 Å². The summed E-state index contributed by atoms with van der Waals surface area (Å²) in [5, 5.41) is 0. The van der Waals surface area contributed by atoms with Crippen molar-refractivity contribution in [3.05, 3.63) is 23.8 Å². The van der Waals surface area contributed by atoms with E-state index >= 15 is 0 Å². The molecule has 0 bridgehead atoms. The van der Waals surface area contributed by atoms with Gasteiger partial charge in [0.25, 0.3) is 0 Å². The van der Waals surface area contributed by atoms with E-state index < -0.39 is 0 Å². The molecule has 0 amide bonds. The smallest absolute Gasteiger partial charge is 0.161 e. The van der Waals surface area contributed by atoms with E-state index in [1.807, 2.05) is 19.9 Å². The standard InChI is InChI=1S/C15H24O2/c1-6-9-16-15-10-13(11(2)3)7-8-14(15)17-12(4)5/h7-8,10-12H,6,9H2,1-5H3. The van der Waals surface area contributed by atoms with Crippen LogP contribution in [0.3, 0.4) is 0 Å². The molecule has 96 valence electrons. The van der Waals surface area contributed by atoms with Crippen LogP contribution in [0.25, 0.3) is 0 Å². The lowest BCUT2D eigenvalue weighted by molar-refractivity contribution is 0.221. The molecule has 0 atom stereocenters. The maximum Gasteiger partial charge on any atom is 0.161 e. The third-order valence-electron chi connectivity index (χ3n) is 2.46. The third kappa shape index (κ3) is 4.29. The first-order valence-electron chi connectivity index (χ1n) is 6.48. The average Bonchev–Trinajstić information content (AvgIpc) is 2.26. The van der Waals surface area contributed by atoms with Crippen molar-refractivity contribution in [1.29, 1.82) is 0 Å². The van der Waals surface area contributed by atoms with Gasteiger partial charge in [0.2, 0.25) is 0 Å². The summed E-state index contributed by atoms with van der Waals surface area (Å²) in [6, 6.07) is 6.22. The minimum atomic E-state index is 0.170. The van der Waals surface area contributed by atoms with Crippen LogP contribution in [-0.4, -0.2) is 12.7 Å². The quantitative estimate of drug-likeness (QED) is 0.729. The molecule has 0 radical (unpaired) electrons. The van der Waals surface area contributed by atoms with E-state index in [1.54, 1.807) is 0 Å². The number of ether oxygens (including phenoxy) is 2. The maximum absolute atomic E-state index is 5.75. The molecular formula is C15H24O2. The van der Waals surface area contributed by atoms with Gasteiger partial charge in [-0.25, -0.2) is 0 Å².